The van der Waals surface area contributed by atoms with Gasteiger partial charge in [-0.25, -0.2) is 0 Å². The number of fused-ring (bicyclic) bond motifs is 1. The van der Waals surface area contributed by atoms with Gasteiger partial charge in [0.15, 0.2) is 0 Å². The Morgan fingerprint density at radius 2 is 1.92 bits per heavy atom. The number of hydrogen-bond acceptors (Lipinski definition) is 3. The molecule has 1 heterocycles. The van der Waals surface area contributed by atoms with Crippen LogP contribution in [-0.2, 0) is 0 Å². The molecule has 132 valence electrons. The smallest absolute Gasteiger partial charge is 0.227 e. The van der Waals surface area contributed by atoms with Gasteiger partial charge in [0.05, 0.1) is 11.3 Å². The fourth-order valence-corrected chi connectivity index (χ4v) is 3.57. The standard InChI is InChI=1S/C22H21NO2S/c1-16-9-8-12-21(17(16)2)25-13-6-7-14-26-22-15-23(18(3)24)20-11-5-4-10-19(20)22/h4-5,8-12,15H,13-14H2,1-3H3. The topological polar surface area (TPSA) is 31.2 Å². The first-order chi connectivity index (χ1) is 12.6. The van der Waals surface area contributed by atoms with E-state index in [2.05, 4.69) is 31.8 Å². The summed E-state index contributed by atoms with van der Waals surface area (Å²) in [5, 5.41) is 1.08. The van der Waals surface area contributed by atoms with Crippen molar-refractivity contribution in [3.63, 3.8) is 0 Å². The van der Waals surface area contributed by atoms with Crippen LogP contribution in [0.2, 0.25) is 0 Å². The van der Waals surface area contributed by atoms with Gasteiger partial charge >= 0.3 is 0 Å². The Labute approximate surface area is 158 Å². The number of carbonyl (C=O) groups is 1. The molecule has 0 aliphatic rings. The van der Waals surface area contributed by atoms with Crippen LogP contribution in [0.5, 0.6) is 5.75 Å². The van der Waals surface area contributed by atoms with E-state index in [1.54, 1.807) is 23.3 Å². The van der Waals surface area contributed by atoms with Crippen molar-refractivity contribution in [1.29, 1.82) is 0 Å². The van der Waals surface area contributed by atoms with Gasteiger partial charge in [0.2, 0.25) is 5.91 Å². The Balaban J connectivity index is 1.61. The van der Waals surface area contributed by atoms with Crippen LogP contribution < -0.4 is 4.74 Å². The first-order valence-electron chi connectivity index (χ1n) is 8.46. The van der Waals surface area contributed by atoms with E-state index in [-0.39, 0.29) is 5.91 Å². The number of nitrogens with zero attached hydrogens (tertiary/aromatic N) is 1. The lowest BCUT2D eigenvalue weighted by molar-refractivity contribution is 0.0941. The average molecular weight is 363 g/mol. The minimum absolute atomic E-state index is 0.0149. The number of hydrogen-bond donors (Lipinski definition) is 0. The van der Waals surface area contributed by atoms with Gasteiger partial charge in [0, 0.05) is 23.4 Å². The molecule has 2 aromatic carbocycles. The molecule has 0 unspecified atom stereocenters. The summed E-state index contributed by atoms with van der Waals surface area (Å²) >= 11 is 1.64. The normalized spacial score (nSPS) is 10.4. The second kappa shape index (κ2) is 8.16. The van der Waals surface area contributed by atoms with E-state index < -0.39 is 0 Å². The first-order valence-corrected chi connectivity index (χ1v) is 9.45. The number of ether oxygens (including phenoxy) is 1. The van der Waals surface area contributed by atoms with E-state index >= 15 is 0 Å². The van der Waals surface area contributed by atoms with E-state index in [0.717, 1.165) is 27.1 Å². The molecular weight excluding hydrogens is 342 g/mol. The first kappa shape index (κ1) is 18.2. The van der Waals surface area contributed by atoms with Crippen molar-refractivity contribution >= 4 is 28.6 Å². The predicted octanol–water partition coefficient (Wildman–Crippen LogP) is 5.09. The summed E-state index contributed by atoms with van der Waals surface area (Å²) in [6.07, 6.45) is 1.89. The molecular formula is C22H21NO2S. The second-order valence-corrected chi connectivity index (χ2v) is 7.05. The van der Waals surface area contributed by atoms with E-state index in [0.29, 0.717) is 12.4 Å². The fourth-order valence-electron chi connectivity index (χ4n) is 2.73. The Morgan fingerprint density at radius 3 is 2.73 bits per heavy atom. The van der Waals surface area contributed by atoms with Crippen LogP contribution in [-0.4, -0.2) is 22.8 Å². The van der Waals surface area contributed by atoms with Crippen LogP contribution in [0.15, 0.2) is 53.6 Å². The van der Waals surface area contributed by atoms with Crippen molar-refractivity contribution in [2.24, 2.45) is 0 Å². The number of carbonyl (C=O) groups excluding carboxylic acids is 1. The Hall–Kier alpha value is -2.64. The SMILES string of the molecule is CC(=O)n1cc(SCC#CCOc2cccc(C)c2C)c2ccccc21. The molecule has 0 N–H and O–H groups in total. The van der Waals surface area contributed by atoms with Crippen molar-refractivity contribution in [2.75, 3.05) is 12.4 Å². The molecule has 1 aromatic heterocycles. The lowest BCUT2D eigenvalue weighted by Crippen LogP contribution is -2.02. The summed E-state index contributed by atoms with van der Waals surface area (Å²) in [6.45, 7) is 6.08. The molecule has 3 nitrogen and oxygen atoms in total. The third kappa shape index (κ3) is 3.95. The average Bonchev–Trinajstić information content (AvgIpc) is 3.00. The maximum atomic E-state index is 11.8. The van der Waals surface area contributed by atoms with Crippen molar-refractivity contribution in [2.45, 2.75) is 25.7 Å². The number of benzene rings is 2. The Kier molecular flexibility index (Phi) is 5.70. The molecule has 0 amide bonds. The maximum absolute atomic E-state index is 11.8. The number of para-hydroxylation sites is 1. The number of thioether (sulfide) groups is 1. The van der Waals surface area contributed by atoms with Crippen LogP contribution >= 0.6 is 11.8 Å². The minimum atomic E-state index is 0.0149. The molecule has 0 bridgehead atoms. The zero-order chi connectivity index (χ0) is 18.5. The summed E-state index contributed by atoms with van der Waals surface area (Å²) < 4.78 is 7.43. The van der Waals surface area contributed by atoms with E-state index in [4.69, 9.17) is 4.74 Å². The molecule has 0 spiro atoms. The van der Waals surface area contributed by atoms with Crippen LogP contribution in [0.3, 0.4) is 0 Å². The van der Waals surface area contributed by atoms with E-state index in [1.165, 1.54) is 5.56 Å². The van der Waals surface area contributed by atoms with Crippen molar-refractivity contribution in [1.82, 2.24) is 4.57 Å². The van der Waals surface area contributed by atoms with Crippen LogP contribution in [0.4, 0.5) is 0 Å². The maximum Gasteiger partial charge on any atom is 0.227 e. The lowest BCUT2D eigenvalue weighted by atomic mass is 10.1. The highest BCUT2D eigenvalue weighted by molar-refractivity contribution is 7.99. The van der Waals surface area contributed by atoms with Gasteiger partial charge in [0.1, 0.15) is 12.4 Å². The van der Waals surface area contributed by atoms with E-state index in [1.807, 2.05) is 42.6 Å². The molecule has 0 radical (unpaired) electrons. The molecule has 0 aliphatic carbocycles. The van der Waals surface area contributed by atoms with Crippen molar-refractivity contribution in [3.8, 4) is 17.6 Å². The molecule has 3 aromatic rings. The minimum Gasteiger partial charge on any atom is -0.481 e. The molecule has 0 saturated carbocycles. The summed E-state index contributed by atoms with van der Waals surface area (Å²) in [5.41, 5.74) is 3.31. The fraction of sp³-hybridized carbons (Fsp3) is 0.227. The largest absolute Gasteiger partial charge is 0.481 e. The van der Waals surface area contributed by atoms with Crippen molar-refractivity contribution < 1.29 is 9.53 Å². The molecule has 0 saturated heterocycles. The highest BCUT2D eigenvalue weighted by Crippen LogP contribution is 2.29. The molecule has 0 atom stereocenters. The van der Waals surface area contributed by atoms with Gasteiger partial charge in [-0.15, -0.1) is 11.8 Å². The molecule has 26 heavy (non-hydrogen) atoms. The van der Waals surface area contributed by atoms with Gasteiger partial charge in [-0.3, -0.25) is 9.36 Å². The van der Waals surface area contributed by atoms with Crippen LogP contribution in [0, 0.1) is 25.7 Å². The summed E-state index contributed by atoms with van der Waals surface area (Å²) in [4.78, 5) is 12.9. The Bertz CT molecular complexity index is 1010. The molecule has 0 aliphatic heterocycles. The van der Waals surface area contributed by atoms with Gasteiger partial charge in [-0.1, -0.05) is 42.2 Å². The van der Waals surface area contributed by atoms with Gasteiger partial charge < -0.3 is 4.74 Å². The quantitative estimate of drug-likeness (QED) is 0.478. The lowest BCUT2D eigenvalue weighted by Gasteiger charge is -2.07. The number of rotatable bonds is 4. The second-order valence-electron chi connectivity index (χ2n) is 6.03. The monoisotopic (exact) mass is 363 g/mol. The summed E-state index contributed by atoms with van der Waals surface area (Å²) in [7, 11) is 0. The predicted molar refractivity (Wildman–Crippen MR) is 108 cm³/mol. The van der Waals surface area contributed by atoms with Crippen molar-refractivity contribution in [3.05, 3.63) is 59.8 Å². The van der Waals surface area contributed by atoms with Crippen LogP contribution in [0.25, 0.3) is 10.9 Å². The summed E-state index contributed by atoms with van der Waals surface area (Å²) in [6, 6.07) is 14.0. The highest BCUT2D eigenvalue weighted by Gasteiger charge is 2.10. The summed E-state index contributed by atoms with van der Waals surface area (Å²) in [5.74, 6) is 7.75. The van der Waals surface area contributed by atoms with Crippen LogP contribution in [0.1, 0.15) is 22.8 Å². The van der Waals surface area contributed by atoms with Gasteiger partial charge in [-0.2, -0.15) is 0 Å². The number of aryl methyl sites for hydroxylation is 1. The molecule has 4 heteroatoms. The zero-order valence-electron chi connectivity index (χ0n) is 15.2. The third-order valence-corrected chi connectivity index (χ3v) is 5.22. The van der Waals surface area contributed by atoms with Gasteiger partial charge in [0.25, 0.3) is 0 Å². The molecule has 3 rings (SSSR count). The number of aromatic nitrogens is 1. The highest BCUT2D eigenvalue weighted by atomic mass is 32.2. The molecule has 0 fully saturated rings. The van der Waals surface area contributed by atoms with E-state index in [9.17, 15) is 4.79 Å². The zero-order valence-corrected chi connectivity index (χ0v) is 16.0. The Morgan fingerprint density at radius 1 is 1.12 bits per heavy atom. The third-order valence-electron chi connectivity index (χ3n) is 4.29. The van der Waals surface area contributed by atoms with Gasteiger partial charge in [-0.05, 0) is 37.1 Å².